The standard InChI is InChI=1S/C24H29NO5/c1-21-6-4-14(26)19-20(29)12(9-23(19,21)11-25)17-13-3-7-24(8-5-16(28)30-24)22(13,2)10-15(27)18(17)21/h12-13,15,17-19,27H,3-10H2,1-2H3/t12-,13?,15?,17?,18?,19?,21?,22?,23+,24-/m1/s1. The van der Waals surface area contributed by atoms with Gasteiger partial charge in [0.15, 0.2) is 0 Å². The molecule has 6 aliphatic rings. The minimum atomic E-state index is -0.976. The van der Waals surface area contributed by atoms with Crippen molar-refractivity contribution < 1.29 is 24.2 Å². The first-order valence-electron chi connectivity index (χ1n) is 11.5. The number of aliphatic hydroxyl groups excluding tert-OH is 1. The largest absolute Gasteiger partial charge is 0.458 e. The summed E-state index contributed by atoms with van der Waals surface area (Å²) in [6.45, 7) is 4.21. The van der Waals surface area contributed by atoms with Gasteiger partial charge in [0.25, 0.3) is 0 Å². The van der Waals surface area contributed by atoms with Gasteiger partial charge in [-0.15, -0.1) is 0 Å². The van der Waals surface area contributed by atoms with Gasteiger partial charge in [-0.1, -0.05) is 13.8 Å². The summed E-state index contributed by atoms with van der Waals surface area (Å²) < 4.78 is 5.94. The molecule has 160 valence electrons. The predicted octanol–water partition coefficient (Wildman–Crippen LogP) is 2.57. The smallest absolute Gasteiger partial charge is 0.306 e. The molecule has 0 aromatic rings. The predicted molar refractivity (Wildman–Crippen MR) is 103 cm³/mol. The molecule has 0 amide bonds. The van der Waals surface area contributed by atoms with E-state index in [2.05, 4.69) is 19.9 Å². The number of nitrogens with zero attached hydrogens (tertiary/aromatic N) is 1. The van der Waals surface area contributed by atoms with Gasteiger partial charge in [0.05, 0.1) is 23.5 Å². The van der Waals surface area contributed by atoms with Crippen molar-refractivity contribution in [2.24, 2.45) is 45.8 Å². The lowest BCUT2D eigenvalue weighted by Crippen LogP contribution is -2.65. The number of fused-ring (bicyclic) bond motifs is 7. The van der Waals surface area contributed by atoms with Crippen LogP contribution in [0.2, 0.25) is 0 Å². The molecule has 1 N–H and O–H groups in total. The molecule has 6 heteroatoms. The van der Waals surface area contributed by atoms with Gasteiger partial charge in [-0.3, -0.25) is 14.4 Å². The number of nitriles is 1. The van der Waals surface area contributed by atoms with Crippen LogP contribution in [0, 0.1) is 57.2 Å². The van der Waals surface area contributed by atoms with Gasteiger partial charge in [0, 0.05) is 24.2 Å². The molecule has 6 fully saturated rings. The molecule has 10 atom stereocenters. The van der Waals surface area contributed by atoms with Crippen LogP contribution in [0.3, 0.4) is 0 Å². The summed E-state index contributed by atoms with van der Waals surface area (Å²) in [5, 5.41) is 21.9. The van der Waals surface area contributed by atoms with Crippen molar-refractivity contribution in [1.29, 1.82) is 5.26 Å². The zero-order valence-electron chi connectivity index (χ0n) is 17.6. The molecule has 7 unspecified atom stereocenters. The van der Waals surface area contributed by atoms with Crippen molar-refractivity contribution in [3.63, 3.8) is 0 Å². The molecule has 1 spiro atoms. The number of carbonyl (C=O) groups is 3. The molecule has 0 aromatic heterocycles. The molecule has 0 radical (unpaired) electrons. The van der Waals surface area contributed by atoms with Crippen molar-refractivity contribution in [3.8, 4) is 6.07 Å². The molecular formula is C24H29NO5. The maximum atomic E-state index is 13.6. The van der Waals surface area contributed by atoms with Crippen LogP contribution < -0.4 is 0 Å². The Kier molecular flexibility index (Phi) is 3.39. The monoisotopic (exact) mass is 411 g/mol. The maximum absolute atomic E-state index is 13.6. The van der Waals surface area contributed by atoms with E-state index in [1.807, 2.05) is 0 Å². The van der Waals surface area contributed by atoms with Crippen LogP contribution in [-0.2, 0) is 19.1 Å². The van der Waals surface area contributed by atoms with E-state index in [1.54, 1.807) is 0 Å². The van der Waals surface area contributed by atoms with E-state index in [-0.39, 0.29) is 46.6 Å². The van der Waals surface area contributed by atoms with Crippen molar-refractivity contribution in [3.05, 3.63) is 0 Å². The number of Topliss-reactive ketones (excluding diaryl/α,β-unsaturated/α-hetero) is 2. The number of rotatable bonds is 0. The van der Waals surface area contributed by atoms with E-state index < -0.39 is 28.5 Å². The number of ketones is 2. The van der Waals surface area contributed by atoms with Gasteiger partial charge in [0.1, 0.15) is 17.2 Å². The van der Waals surface area contributed by atoms with E-state index in [4.69, 9.17) is 4.74 Å². The Morgan fingerprint density at radius 2 is 1.83 bits per heavy atom. The molecule has 30 heavy (non-hydrogen) atoms. The van der Waals surface area contributed by atoms with Crippen LogP contribution in [0.1, 0.15) is 65.2 Å². The molecule has 1 heterocycles. The van der Waals surface area contributed by atoms with Gasteiger partial charge in [0.2, 0.25) is 0 Å². The van der Waals surface area contributed by atoms with E-state index in [9.17, 15) is 24.8 Å². The fourth-order valence-corrected chi connectivity index (χ4v) is 9.73. The molecule has 2 bridgehead atoms. The molecule has 0 aromatic carbocycles. The molecule has 5 aliphatic carbocycles. The minimum absolute atomic E-state index is 0.0488. The van der Waals surface area contributed by atoms with Crippen LogP contribution >= 0.6 is 0 Å². The van der Waals surface area contributed by atoms with Crippen molar-refractivity contribution in [1.82, 2.24) is 0 Å². The topological polar surface area (TPSA) is 104 Å². The average Bonchev–Trinajstić information content (AvgIpc) is 3.31. The van der Waals surface area contributed by atoms with Gasteiger partial charge in [-0.25, -0.2) is 0 Å². The molecule has 6 rings (SSSR count). The molecule has 1 aliphatic heterocycles. The second-order valence-electron chi connectivity index (χ2n) is 11.5. The highest BCUT2D eigenvalue weighted by Gasteiger charge is 2.79. The summed E-state index contributed by atoms with van der Waals surface area (Å²) in [6.07, 6.45) is 3.95. The van der Waals surface area contributed by atoms with Gasteiger partial charge in [-0.05, 0) is 61.7 Å². The van der Waals surface area contributed by atoms with Crippen LogP contribution in [-0.4, -0.2) is 34.3 Å². The second kappa shape index (κ2) is 5.35. The first-order chi connectivity index (χ1) is 14.1. The lowest BCUT2D eigenvalue weighted by atomic mass is 9.39. The Hall–Kier alpha value is -1.74. The van der Waals surface area contributed by atoms with Gasteiger partial charge >= 0.3 is 5.97 Å². The zero-order chi connectivity index (χ0) is 21.3. The van der Waals surface area contributed by atoms with Crippen molar-refractivity contribution >= 4 is 17.5 Å². The van der Waals surface area contributed by atoms with Crippen LogP contribution in [0.15, 0.2) is 0 Å². The zero-order valence-corrected chi connectivity index (χ0v) is 17.6. The third kappa shape index (κ3) is 1.74. The Bertz CT molecular complexity index is 938. The highest BCUT2D eigenvalue weighted by Crippen LogP contribution is 2.76. The van der Waals surface area contributed by atoms with Crippen molar-refractivity contribution in [2.75, 3.05) is 0 Å². The van der Waals surface area contributed by atoms with Crippen LogP contribution in [0.4, 0.5) is 0 Å². The summed E-state index contributed by atoms with van der Waals surface area (Å²) in [5.41, 5.74) is -2.44. The molecular weight excluding hydrogens is 382 g/mol. The number of ether oxygens (including phenoxy) is 1. The fourth-order valence-electron chi connectivity index (χ4n) is 9.73. The van der Waals surface area contributed by atoms with Crippen molar-refractivity contribution in [2.45, 2.75) is 76.9 Å². The van der Waals surface area contributed by atoms with Crippen LogP contribution in [0.5, 0.6) is 0 Å². The maximum Gasteiger partial charge on any atom is 0.306 e. The summed E-state index contributed by atoms with van der Waals surface area (Å²) in [7, 11) is 0. The van der Waals surface area contributed by atoms with E-state index in [1.165, 1.54) is 0 Å². The normalized spacial score (nSPS) is 58.4. The summed E-state index contributed by atoms with van der Waals surface area (Å²) in [4.78, 5) is 38.5. The Morgan fingerprint density at radius 1 is 1.07 bits per heavy atom. The number of aliphatic hydroxyl groups is 1. The Morgan fingerprint density at radius 3 is 2.50 bits per heavy atom. The lowest BCUT2D eigenvalue weighted by Gasteiger charge is -2.64. The second-order valence-corrected chi connectivity index (χ2v) is 11.5. The van der Waals surface area contributed by atoms with Crippen LogP contribution in [0.25, 0.3) is 0 Å². The van der Waals surface area contributed by atoms with E-state index in [0.717, 1.165) is 12.8 Å². The first-order valence-corrected chi connectivity index (χ1v) is 11.5. The summed E-state index contributed by atoms with van der Waals surface area (Å²) in [6, 6.07) is 2.47. The number of hydrogen-bond acceptors (Lipinski definition) is 6. The third-order valence-electron chi connectivity index (χ3n) is 11.0. The van der Waals surface area contributed by atoms with Gasteiger partial charge < -0.3 is 9.84 Å². The fraction of sp³-hybridized carbons (Fsp3) is 0.833. The lowest BCUT2D eigenvalue weighted by molar-refractivity contribution is -0.213. The van der Waals surface area contributed by atoms with E-state index >= 15 is 0 Å². The number of carbonyl (C=O) groups excluding carboxylic acids is 3. The highest BCUT2D eigenvalue weighted by molar-refractivity contribution is 6.07. The minimum Gasteiger partial charge on any atom is -0.458 e. The quantitative estimate of drug-likeness (QED) is 0.485. The Balaban J connectivity index is 1.52. The highest BCUT2D eigenvalue weighted by atomic mass is 16.6. The molecule has 1 saturated heterocycles. The average molecular weight is 411 g/mol. The number of esters is 1. The summed E-state index contributed by atoms with van der Waals surface area (Å²) in [5.74, 6) is -1.52. The van der Waals surface area contributed by atoms with E-state index in [0.29, 0.717) is 38.5 Å². The number of hydrogen-bond donors (Lipinski definition) is 1. The van der Waals surface area contributed by atoms with Gasteiger partial charge in [-0.2, -0.15) is 5.26 Å². The summed E-state index contributed by atoms with van der Waals surface area (Å²) >= 11 is 0. The molecule has 6 nitrogen and oxygen atoms in total. The third-order valence-corrected chi connectivity index (χ3v) is 11.0. The first kappa shape index (κ1) is 19.0. The SMILES string of the molecule is CC12CC(O)C3C(C1CC[C@@]21CCC(=O)O1)[C@H]1C[C@]2(C#N)C(C(=O)CCC32C)C1=O. The molecule has 5 saturated carbocycles. The Labute approximate surface area is 176 Å².